The summed E-state index contributed by atoms with van der Waals surface area (Å²) in [6.45, 7) is 2.43. The van der Waals surface area contributed by atoms with Crippen LogP contribution in [-0.2, 0) is 16.0 Å². The lowest BCUT2D eigenvalue weighted by Crippen LogP contribution is -2.13. The van der Waals surface area contributed by atoms with Crippen LogP contribution < -0.4 is 5.32 Å². The second-order valence-corrected chi connectivity index (χ2v) is 9.88. The molecule has 38 heavy (non-hydrogen) atoms. The van der Waals surface area contributed by atoms with Crippen molar-refractivity contribution in [3.8, 4) is 17.4 Å². The molecule has 2 heterocycles. The van der Waals surface area contributed by atoms with Crippen LogP contribution in [0.2, 0.25) is 5.02 Å². The first-order valence-electron chi connectivity index (χ1n) is 11.9. The number of nitriles is 1. The number of benzene rings is 2. The van der Waals surface area contributed by atoms with Crippen LogP contribution in [0.4, 0.5) is 5.13 Å². The summed E-state index contributed by atoms with van der Waals surface area (Å²) in [5.74, 6) is -0.0736. The highest BCUT2D eigenvalue weighted by Gasteiger charge is 2.14. The van der Waals surface area contributed by atoms with Gasteiger partial charge in [0.05, 0.1) is 12.2 Å². The van der Waals surface area contributed by atoms with Crippen molar-refractivity contribution >= 4 is 46.0 Å². The van der Waals surface area contributed by atoms with E-state index >= 15 is 0 Å². The summed E-state index contributed by atoms with van der Waals surface area (Å²) in [6.07, 6.45) is 5.47. The van der Waals surface area contributed by atoms with E-state index < -0.39 is 5.91 Å². The van der Waals surface area contributed by atoms with Gasteiger partial charge in [0.1, 0.15) is 23.2 Å². The van der Waals surface area contributed by atoms with Crippen LogP contribution >= 0.6 is 22.9 Å². The number of carbonyl (C=O) groups is 2. The van der Waals surface area contributed by atoms with Crippen molar-refractivity contribution in [3.63, 3.8) is 0 Å². The van der Waals surface area contributed by atoms with Gasteiger partial charge in [-0.05, 0) is 48.4 Å². The zero-order valence-corrected chi connectivity index (χ0v) is 22.1. The first-order chi connectivity index (χ1) is 18.4. The number of hydrogen-bond acceptors (Lipinski definition) is 7. The molecule has 2 aromatic carbocycles. The molecule has 192 valence electrons. The Morgan fingerprint density at radius 2 is 2.00 bits per heavy atom. The number of esters is 1. The Balaban J connectivity index is 1.39. The van der Waals surface area contributed by atoms with E-state index in [0.29, 0.717) is 40.3 Å². The lowest BCUT2D eigenvalue weighted by Gasteiger charge is -2.04. The van der Waals surface area contributed by atoms with Crippen molar-refractivity contribution in [2.24, 2.45) is 0 Å². The third-order valence-electron chi connectivity index (χ3n) is 5.46. The molecule has 1 N–H and O–H groups in total. The number of rotatable bonds is 10. The number of aromatic nitrogens is 1. The predicted octanol–water partition coefficient (Wildman–Crippen LogP) is 7.15. The topological polar surface area (TPSA) is 105 Å². The number of anilines is 1. The minimum atomic E-state index is -0.583. The fourth-order valence-electron chi connectivity index (χ4n) is 3.50. The number of thiazole rings is 1. The molecule has 9 heteroatoms. The number of nitrogens with zero attached hydrogens (tertiary/aromatic N) is 2. The molecule has 0 aliphatic heterocycles. The maximum atomic E-state index is 12.7. The predicted molar refractivity (Wildman–Crippen MR) is 148 cm³/mol. The molecule has 7 nitrogen and oxygen atoms in total. The van der Waals surface area contributed by atoms with Crippen molar-refractivity contribution in [1.82, 2.24) is 4.98 Å². The number of amides is 1. The van der Waals surface area contributed by atoms with Gasteiger partial charge >= 0.3 is 5.97 Å². The first kappa shape index (κ1) is 26.9. The molecule has 0 bridgehead atoms. The maximum absolute atomic E-state index is 12.7. The second-order valence-electron chi connectivity index (χ2n) is 8.33. The van der Waals surface area contributed by atoms with Gasteiger partial charge in [0.2, 0.25) is 0 Å². The number of halogens is 1. The van der Waals surface area contributed by atoms with Crippen molar-refractivity contribution in [2.45, 2.75) is 26.2 Å². The molecule has 1 amide bonds. The highest BCUT2D eigenvalue weighted by atomic mass is 35.5. The molecule has 0 saturated heterocycles. The first-order valence-corrected chi connectivity index (χ1v) is 13.1. The van der Waals surface area contributed by atoms with E-state index in [1.54, 1.807) is 42.6 Å². The summed E-state index contributed by atoms with van der Waals surface area (Å²) in [5, 5.41) is 13.3. The molecule has 2 aromatic heterocycles. The van der Waals surface area contributed by atoms with Gasteiger partial charge in [-0.2, -0.15) is 5.26 Å². The maximum Gasteiger partial charge on any atom is 0.338 e. The highest BCUT2D eigenvalue weighted by molar-refractivity contribution is 7.15. The monoisotopic (exact) mass is 545 g/mol. The minimum absolute atomic E-state index is 0.123. The van der Waals surface area contributed by atoms with E-state index in [0.717, 1.165) is 28.8 Å². The molecule has 0 fully saturated rings. The smallest absolute Gasteiger partial charge is 0.338 e. The van der Waals surface area contributed by atoms with Crippen molar-refractivity contribution in [3.05, 3.63) is 99.2 Å². The molecule has 0 aliphatic carbocycles. The highest BCUT2D eigenvalue weighted by Crippen LogP contribution is 2.25. The largest absolute Gasteiger partial charge is 0.462 e. The second kappa shape index (κ2) is 12.9. The van der Waals surface area contributed by atoms with Gasteiger partial charge < -0.3 is 9.15 Å². The lowest BCUT2D eigenvalue weighted by atomic mass is 10.1. The van der Waals surface area contributed by atoms with Gasteiger partial charge in [-0.3, -0.25) is 10.1 Å². The summed E-state index contributed by atoms with van der Waals surface area (Å²) >= 11 is 7.37. The Bertz CT molecular complexity index is 1500. The average molecular weight is 546 g/mol. The van der Waals surface area contributed by atoms with E-state index in [1.165, 1.54) is 17.4 Å². The van der Waals surface area contributed by atoms with Crippen LogP contribution in [0.15, 0.2) is 76.9 Å². The summed E-state index contributed by atoms with van der Waals surface area (Å²) in [5.41, 5.74) is 2.11. The van der Waals surface area contributed by atoms with Crippen molar-refractivity contribution in [2.75, 3.05) is 11.9 Å². The van der Waals surface area contributed by atoms with E-state index in [1.807, 2.05) is 37.3 Å². The standard InChI is InChI=1S/C29H24ClN3O4S/c1-2-3-13-36-28(35)21-9-7-20(8-10-21)26-12-11-24(37-26)16-22(17-31)27(34)33-29-32-18-25(38-29)15-19-5-4-6-23(30)14-19/h4-12,14,16,18H,2-3,13,15H2,1H3,(H,32,33,34). The molecule has 0 saturated carbocycles. The number of ether oxygens (including phenoxy) is 1. The third-order valence-corrected chi connectivity index (χ3v) is 6.60. The SMILES string of the molecule is CCCCOC(=O)c1ccc(-c2ccc(C=C(C#N)C(=O)Nc3ncc(Cc4cccc(Cl)c4)s3)o2)cc1. The van der Waals surface area contributed by atoms with Gasteiger partial charge in [-0.25, -0.2) is 9.78 Å². The summed E-state index contributed by atoms with van der Waals surface area (Å²) in [6, 6.07) is 19.7. The number of carbonyl (C=O) groups excluding carboxylic acids is 2. The molecular formula is C29H24ClN3O4S. The lowest BCUT2D eigenvalue weighted by molar-refractivity contribution is -0.112. The Hall–Kier alpha value is -4.19. The number of hydrogen-bond donors (Lipinski definition) is 1. The minimum Gasteiger partial charge on any atom is -0.462 e. The molecule has 0 aliphatic rings. The van der Waals surface area contributed by atoms with Crippen molar-refractivity contribution in [1.29, 1.82) is 5.26 Å². The van der Waals surface area contributed by atoms with E-state index in [9.17, 15) is 14.9 Å². The summed E-state index contributed by atoms with van der Waals surface area (Å²) < 4.78 is 11.0. The van der Waals surface area contributed by atoms with Gasteiger partial charge in [-0.15, -0.1) is 11.3 Å². The van der Waals surface area contributed by atoms with Gasteiger partial charge in [-0.1, -0.05) is 49.2 Å². The Kier molecular flexibility index (Phi) is 9.09. The molecule has 0 spiro atoms. The van der Waals surface area contributed by atoms with Crippen LogP contribution in [-0.4, -0.2) is 23.5 Å². The fraction of sp³-hybridized carbons (Fsp3) is 0.172. The third kappa shape index (κ3) is 7.19. The normalized spacial score (nSPS) is 11.1. The summed E-state index contributed by atoms with van der Waals surface area (Å²) in [4.78, 5) is 30.0. The van der Waals surface area contributed by atoms with Gasteiger partial charge in [0.25, 0.3) is 5.91 Å². The summed E-state index contributed by atoms with van der Waals surface area (Å²) in [7, 11) is 0. The van der Waals surface area contributed by atoms with Crippen LogP contribution in [0.5, 0.6) is 0 Å². The van der Waals surface area contributed by atoms with E-state index in [-0.39, 0.29) is 11.5 Å². The zero-order valence-electron chi connectivity index (χ0n) is 20.6. The molecular weight excluding hydrogens is 522 g/mol. The number of unbranched alkanes of at least 4 members (excludes halogenated alkanes) is 1. The van der Waals surface area contributed by atoms with Crippen molar-refractivity contribution < 1.29 is 18.7 Å². The van der Waals surface area contributed by atoms with Crippen LogP contribution in [0.25, 0.3) is 17.4 Å². The Morgan fingerprint density at radius 3 is 2.74 bits per heavy atom. The molecule has 0 unspecified atom stereocenters. The quantitative estimate of drug-likeness (QED) is 0.0981. The fourth-order valence-corrected chi connectivity index (χ4v) is 4.55. The molecule has 0 atom stereocenters. The zero-order chi connectivity index (χ0) is 26.9. The van der Waals surface area contributed by atoms with Crippen LogP contribution in [0.3, 0.4) is 0 Å². The molecule has 4 rings (SSSR count). The number of furan rings is 1. The van der Waals surface area contributed by atoms with Gasteiger partial charge in [0, 0.05) is 34.2 Å². The van der Waals surface area contributed by atoms with Crippen LogP contribution in [0.1, 0.15) is 46.3 Å². The van der Waals surface area contributed by atoms with Crippen LogP contribution in [0, 0.1) is 11.3 Å². The molecule has 0 radical (unpaired) electrons. The average Bonchev–Trinajstić information content (AvgIpc) is 3.57. The Morgan fingerprint density at radius 1 is 1.18 bits per heavy atom. The molecule has 4 aromatic rings. The van der Waals surface area contributed by atoms with E-state index in [2.05, 4.69) is 10.3 Å². The van der Waals surface area contributed by atoms with E-state index in [4.69, 9.17) is 20.8 Å². The Labute approximate surface area is 229 Å². The number of nitrogens with one attached hydrogen (secondary N) is 1. The van der Waals surface area contributed by atoms with Gasteiger partial charge in [0.15, 0.2) is 5.13 Å².